The minimum absolute atomic E-state index is 0.00125. The van der Waals surface area contributed by atoms with E-state index in [0.29, 0.717) is 30.0 Å². The number of nitrogens with zero attached hydrogens (tertiary/aromatic N) is 5. The number of amides is 2. The average molecular weight is 610 g/mol. The number of methoxy groups -OCH3 is 1. The molecule has 2 aromatic carbocycles. The molecular weight excluding hydrogens is 582 g/mol. The van der Waals surface area contributed by atoms with E-state index >= 15 is 0 Å². The highest BCUT2D eigenvalue weighted by molar-refractivity contribution is 7.99. The zero-order chi connectivity index (χ0) is 30.4. The van der Waals surface area contributed by atoms with Crippen LogP contribution in [-0.2, 0) is 37.6 Å². The molecular formula is C27H27F4N5O5S. The van der Waals surface area contributed by atoms with Gasteiger partial charge in [-0.05, 0) is 36.2 Å². The van der Waals surface area contributed by atoms with E-state index in [1.807, 2.05) is 6.07 Å². The van der Waals surface area contributed by atoms with Gasteiger partial charge in [-0.3, -0.25) is 9.59 Å². The summed E-state index contributed by atoms with van der Waals surface area (Å²) in [5, 5.41) is 0. The van der Waals surface area contributed by atoms with Crippen LogP contribution >= 0.6 is 0 Å². The Balaban J connectivity index is 1.60. The monoisotopic (exact) mass is 609 g/mol. The van der Waals surface area contributed by atoms with Crippen LogP contribution in [0.2, 0.25) is 0 Å². The second kappa shape index (κ2) is 10.9. The van der Waals surface area contributed by atoms with Crippen LogP contribution in [0.3, 0.4) is 0 Å². The molecule has 0 aliphatic carbocycles. The van der Waals surface area contributed by atoms with E-state index in [0.717, 1.165) is 5.56 Å². The number of aromatic nitrogens is 2. The fourth-order valence-corrected chi connectivity index (χ4v) is 7.03. The largest absolute Gasteiger partial charge is 0.494 e. The lowest BCUT2D eigenvalue weighted by Gasteiger charge is -2.23. The predicted molar refractivity (Wildman–Crippen MR) is 148 cm³/mol. The van der Waals surface area contributed by atoms with E-state index in [1.165, 1.54) is 30.2 Å². The lowest BCUT2D eigenvalue weighted by molar-refractivity contribution is -0.169. The van der Waals surface area contributed by atoms with Crippen molar-refractivity contribution in [2.24, 2.45) is 4.36 Å². The molecule has 0 fully saturated rings. The van der Waals surface area contributed by atoms with Crippen molar-refractivity contribution in [3.63, 3.8) is 0 Å². The second-order valence-corrected chi connectivity index (χ2v) is 12.6. The number of ether oxygens (including phenoxy) is 2. The van der Waals surface area contributed by atoms with Crippen LogP contribution in [0.25, 0.3) is 11.4 Å². The van der Waals surface area contributed by atoms with Crippen molar-refractivity contribution >= 4 is 33.4 Å². The van der Waals surface area contributed by atoms with Crippen molar-refractivity contribution in [3.8, 4) is 22.9 Å². The Hall–Kier alpha value is -4.11. The molecule has 0 unspecified atom stereocenters. The molecule has 0 bridgehead atoms. The van der Waals surface area contributed by atoms with Crippen molar-refractivity contribution in [1.29, 1.82) is 0 Å². The molecule has 1 N–H and O–H groups in total. The number of halogens is 4. The summed E-state index contributed by atoms with van der Waals surface area (Å²) in [4.78, 5) is 36.0. The van der Waals surface area contributed by atoms with Gasteiger partial charge in [0.25, 0.3) is 5.91 Å². The Morgan fingerprint density at radius 1 is 1.14 bits per heavy atom. The smallest absolute Gasteiger partial charge is 0.474 e. The number of rotatable bonds is 6. The minimum Gasteiger partial charge on any atom is -0.494 e. The maximum atomic E-state index is 14.6. The zero-order valence-electron chi connectivity index (χ0n) is 22.8. The number of anilines is 2. The van der Waals surface area contributed by atoms with Gasteiger partial charge in [-0.15, -0.1) is 0 Å². The van der Waals surface area contributed by atoms with E-state index < -0.39 is 28.0 Å². The van der Waals surface area contributed by atoms with Gasteiger partial charge in [0.2, 0.25) is 0 Å². The minimum atomic E-state index is -5.23. The van der Waals surface area contributed by atoms with E-state index in [2.05, 4.69) is 14.3 Å². The quantitative estimate of drug-likeness (QED) is 0.317. The molecule has 2 aliphatic rings. The van der Waals surface area contributed by atoms with Gasteiger partial charge in [0.1, 0.15) is 11.6 Å². The summed E-state index contributed by atoms with van der Waals surface area (Å²) in [6, 6.07) is 9.39. The fourth-order valence-electron chi connectivity index (χ4n) is 4.76. The number of hydrogen-bond donors (Lipinski definition) is 2. The standard InChI is InChI=1S/C27H27F4N5O5S/c1-35(2)23(37)12-41-17-6-4-15-8-9-36(21(15)11-17)25-18-13-42(39,34-26(38)27(29,30)31)14-20(18)32-24(33-25)16-5-7-22(40-3)19(28)10-16/h4-7,10-11,42H,8-9,12-14H2,1-3H3,(H,34,38,39). The summed E-state index contributed by atoms with van der Waals surface area (Å²) >= 11 is 0. The summed E-state index contributed by atoms with van der Waals surface area (Å²) in [5.74, 6) is -3.21. The number of fused-ring (bicyclic) bond motifs is 2. The topological polar surface area (TPSA) is 117 Å². The summed E-state index contributed by atoms with van der Waals surface area (Å²) < 4.78 is 78.6. The Morgan fingerprint density at radius 2 is 1.90 bits per heavy atom. The van der Waals surface area contributed by atoms with Gasteiger partial charge in [0, 0.05) is 55.0 Å². The number of alkyl halides is 3. The first kappa shape index (κ1) is 29.4. The van der Waals surface area contributed by atoms with Crippen molar-refractivity contribution < 1.29 is 41.2 Å². The van der Waals surface area contributed by atoms with Gasteiger partial charge in [-0.1, -0.05) is 16.2 Å². The van der Waals surface area contributed by atoms with Crippen molar-refractivity contribution in [1.82, 2.24) is 14.9 Å². The van der Waals surface area contributed by atoms with E-state index in [1.54, 1.807) is 31.1 Å². The Bertz CT molecular complexity index is 1650. The number of hydrogen-bond acceptors (Lipinski definition) is 7. The van der Waals surface area contributed by atoms with Gasteiger partial charge >= 0.3 is 12.1 Å². The van der Waals surface area contributed by atoms with Crippen LogP contribution < -0.4 is 14.4 Å². The number of thiol groups is 1. The predicted octanol–water partition coefficient (Wildman–Crippen LogP) is 4.10. The lowest BCUT2D eigenvalue weighted by Crippen LogP contribution is -2.27. The van der Waals surface area contributed by atoms with Crippen LogP contribution in [-0.4, -0.2) is 71.8 Å². The number of likely N-dealkylation sites (N-methyl/N-ethyl adjacent to an activating group) is 1. The fraction of sp³-hybridized carbons (Fsp3) is 0.333. The first-order chi connectivity index (χ1) is 19.8. The molecule has 42 heavy (non-hydrogen) atoms. The number of benzene rings is 2. The Kier molecular flexibility index (Phi) is 7.66. The van der Waals surface area contributed by atoms with Crippen molar-refractivity contribution in [2.45, 2.75) is 24.1 Å². The van der Waals surface area contributed by atoms with Gasteiger partial charge in [-0.2, -0.15) is 17.5 Å². The molecule has 3 heterocycles. The Morgan fingerprint density at radius 3 is 2.57 bits per heavy atom. The van der Waals surface area contributed by atoms with E-state index in [4.69, 9.17) is 9.47 Å². The van der Waals surface area contributed by atoms with Gasteiger partial charge in [0.05, 0.1) is 12.8 Å². The first-order valence-corrected chi connectivity index (χ1v) is 14.8. The molecule has 3 aromatic rings. The summed E-state index contributed by atoms with van der Waals surface area (Å²) in [6.07, 6.45) is -4.64. The number of carbonyl (C=O) groups excluding carboxylic acids is 2. The van der Waals surface area contributed by atoms with Crippen LogP contribution in [0.5, 0.6) is 11.5 Å². The van der Waals surface area contributed by atoms with Crippen molar-refractivity contribution in [3.05, 3.63) is 59.0 Å². The molecule has 0 saturated heterocycles. The first-order valence-electron chi connectivity index (χ1n) is 12.7. The van der Waals surface area contributed by atoms with Gasteiger partial charge < -0.3 is 23.8 Å². The lowest BCUT2D eigenvalue weighted by atomic mass is 10.1. The molecule has 0 atom stereocenters. The molecule has 0 radical (unpaired) electrons. The molecule has 10 nitrogen and oxygen atoms in total. The second-order valence-electron chi connectivity index (χ2n) is 10.0. The van der Waals surface area contributed by atoms with Gasteiger partial charge in [-0.25, -0.2) is 14.4 Å². The maximum Gasteiger partial charge on any atom is 0.474 e. The van der Waals surface area contributed by atoms with Crippen LogP contribution in [0.1, 0.15) is 16.8 Å². The number of carbonyl (C=O) groups is 2. The molecule has 0 saturated carbocycles. The summed E-state index contributed by atoms with van der Waals surface area (Å²) in [5.41, 5.74) is 2.44. The highest BCUT2D eigenvalue weighted by Gasteiger charge is 2.41. The third kappa shape index (κ3) is 5.79. The zero-order valence-corrected chi connectivity index (χ0v) is 23.7. The maximum absolute atomic E-state index is 14.6. The Labute approximate surface area is 239 Å². The average Bonchev–Trinajstić information content (AvgIpc) is 3.50. The SMILES string of the molecule is COc1ccc(-c2nc3c(c(N4CCc5ccc(OCC(=O)N(C)C)cc54)n2)C[SH](O)(=NC(=O)C(F)(F)F)C3)cc1F. The molecule has 15 heteroatoms. The van der Waals surface area contributed by atoms with E-state index in [9.17, 15) is 31.7 Å². The molecule has 1 aromatic heterocycles. The van der Waals surface area contributed by atoms with E-state index in [-0.39, 0.29) is 52.7 Å². The molecule has 224 valence electrons. The van der Waals surface area contributed by atoms with Gasteiger partial charge in [0.15, 0.2) is 24.0 Å². The highest BCUT2D eigenvalue weighted by Crippen LogP contribution is 2.43. The summed E-state index contributed by atoms with van der Waals surface area (Å²) in [7, 11) is 0.717. The third-order valence-electron chi connectivity index (χ3n) is 6.88. The van der Waals surface area contributed by atoms with Crippen molar-refractivity contribution in [2.75, 3.05) is 39.3 Å². The normalized spacial score (nSPS) is 16.0. The molecule has 2 aliphatic heterocycles. The third-order valence-corrected chi connectivity index (χ3v) is 9.07. The summed E-state index contributed by atoms with van der Waals surface area (Å²) in [6.45, 7) is 0.235. The van der Waals surface area contributed by atoms with Crippen LogP contribution in [0.15, 0.2) is 40.8 Å². The highest BCUT2D eigenvalue weighted by atomic mass is 32.3. The molecule has 5 rings (SSSR count). The molecule has 0 spiro atoms. The van der Waals surface area contributed by atoms with Crippen LogP contribution in [0, 0.1) is 5.82 Å². The molecule has 2 amide bonds. The van der Waals surface area contributed by atoms with Crippen LogP contribution in [0.4, 0.5) is 29.1 Å².